The van der Waals surface area contributed by atoms with E-state index in [0.29, 0.717) is 4.99 Å². The minimum absolute atomic E-state index is 0.149. The summed E-state index contributed by atoms with van der Waals surface area (Å²) in [4.78, 5) is 2.40. The summed E-state index contributed by atoms with van der Waals surface area (Å²) < 4.78 is 1.72. The van der Waals surface area contributed by atoms with E-state index in [9.17, 15) is 5.11 Å². The highest BCUT2D eigenvalue weighted by Gasteiger charge is 2.18. The van der Waals surface area contributed by atoms with Gasteiger partial charge < -0.3 is 15.8 Å². The molecule has 0 aromatic carbocycles. The number of pyridine rings is 1. The van der Waals surface area contributed by atoms with E-state index in [2.05, 4.69) is 5.10 Å². The number of hydrogen-bond acceptors (Lipinski definition) is 4. The lowest BCUT2D eigenvalue weighted by molar-refractivity contribution is -0.672. The molecule has 0 unspecified atom stereocenters. The average Bonchev–Trinajstić information content (AvgIpc) is 2.20. The molecule has 1 aromatic heterocycles. The van der Waals surface area contributed by atoms with Gasteiger partial charge in [-0.25, -0.2) is 0 Å². The molecule has 0 saturated carbocycles. The van der Waals surface area contributed by atoms with Gasteiger partial charge in [-0.2, -0.15) is 9.67 Å². The van der Waals surface area contributed by atoms with Crippen molar-refractivity contribution in [3.63, 3.8) is 0 Å². The van der Waals surface area contributed by atoms with Gasteiger partial charge in [0.15, 0.2) is 5.75 Å². The number of thiocarbonyl (C=S) groups is 1. The van der Waals surface area contributed by atoms with Crippen molar-refractivity contribution in [2.75, 3.05) is 14.1 Å². The number of rotatable bonds is 2. The van der Waals surface area contributed by atoms with Gasteiger partial charge in [-0.05, 0) is 0 Å². The number of hydrazone groups is 1. The molecule has 0 aliphatic heterocycles. The first kappa shape index (κ1) is 12.4. The molecule has 1 aromatic rings. The second kappa shape index (κ2) is 4.89. The zero-order valence-electron chi connectivity index (χ0n) is 9.51. The average molecular weight is 239 g/mol. The lowest BCUT2D eigenvalue weighted by Gasteiger charge is -2.14. The van der Waals surface area contributed by atoms with E-state index in [1.54, 1.807) is 28.8 Å². The van der Waals surface area contributed by atoms with Gasteiger partial charge in [0.1, 0.15) is 18.3 Å². The number of hydrogen-bond donors (Lipinski definition) is 2. The molecule has 1 rings (SSSR count). The zero-order chi connectivity index (χ0) is 12.3. The normalized spacial score (nSPS) is 10.7. The van der Waals surface area contributed by atoms with Crippen LogP contribution in [0.4, 0.5) is 0 Å². The summed E-state index contributed by atoms with van der Waals surface area (Å²) in [6.45, 7) is 0. The minimum Gasteiger partial charge on any atom is -0.503 e. The zero-order valence-corrected chi connectivity index (χ0v) is 10.3. The second-order valence-electron chi connectivity index (χ2n) is 3.59. The summed E-state index contributed by atoms with van der Waals surface area (Å²) in [5.74, 6) is 5.30. The summed E-state index contributed by atoms with van der Waals surface area (Å²) in [7, 11) is 5.48. The topological polar surface area (TPSA) is 65.7 Å². The molecule has 5 nitrogen and oxygen atoms in total. The van der Waals surface area contributed by atoms with Crippen LogP contribution >= 0.6 is 12.2 Å². The highest BCUT2D eigenvalue weighted by Crippen LogP contribution is 2.13. The molecule has 1 heterocycles. The molecule has 86 valence electrons. The number of aromatic hydroxyl groups is 1. The number of aromatic nitrogens is 1. The lowest BCUT2D eigenvalue weighted by Crippen LogP contribution is -2.37. The van der Waals surface area contributed by atoms with E-state index in [1.165, 1.54) is 6.21 Å². The van der Waals surface area contributed by atoms with Crippen molar-refractivity contribution in [2.45, 2.75) is 0 Å². The number of nitrogens with zero attached hydrogens (tertiary/aromatic N) is 3. The summed E-state index contributed by atoms with van der Waals surface area (Å²) in [5.41, 5.74) is 1.47. The van der Waals surface area contributed by atoms with Crippen molar-refractivity contribution in [3.05, 3.63) is 23.5 Å². The Kier molecular flexibility index (Phi) is 3.78. The quantitative estimate of drug-likeness (QED) is 0.245. The highest BCUT2D eigenvalue weighted by atomic mass is 32.1. The molecule has 6 heteroatoms. The largest absolute Gasteiger partial charge is 0.503 e. The first-order valence-electron chi connectivity index (χ1n) is 4.65. The van der Waals surface area contributed by atoms with Gasteiger partial charge in [0.2, 0.25) is 11.9 Å². The maximum atomic E-state index is 9.54. The first-order chi connectivity index (χ1) is 7.47. The maximum Gasteiger partial charge on any atom is 0.235 e. The van der Waals surface area contributed by atoms with Crippen LogP contribution in [-0.2, 0) is 7.05 Å². The van der Waals surface area contributed by atoms with Gasteiger partial charge in [0.25, 0.3) is 0 Å². The molecule has 0 atom stereocenters. The predicted octanol–water partition coefficient (Wildman–Crippen LogP) is -0.254. The van der Waals surface area contributed by atoms with E-state index >= 15 is 0 Å². The molecule has 0 radical (unpaired) electrons. The predicted molar refractivity (Wildman–Crippen MR) is 66.5 cm³/mol. The Hall–Kier alpha value is -1.69. The smallest absolute Gasteiger partial charge is 0.235 e. The fourth-order valence-corrected chi connectivity index (χ4v) is 1.52. The third-order valence-corrected chi connectivity index (χ3v) is 2.69. The van der Waals surface area contributed by atoms with Crippen molar-refractivity contribution >= 4 is 23.4 Å². The Morgan fingerprint density at radius 3 is 2.75 bits per heavy atom. The van der Waals surface area contributed by atoms with Gasteiger partial charge in [0.05, 0.1) is 5.56 Å². The van der Waals surface area contributed by atoms with Gasteiger partial charge >= 0.3 is 0 Å². The summed E-state index contributed by atoms with van der Waals surface area (Å²) >= 11 is 5.26. The van der Waals surface area contributed by atoms with E-state index in [-0.39, 0.29) is 5.75 Å². The van der Waals surface area contributed by atoms with Crippen LogP contribution < -0.4 is 10.4 Å². The van der Waals surface area contributed by atoms with Crippen LogP contribution in [0.3, 0.4) is 0 Å². The van der Waals surface area contributed by atoms with Crippen LogP contribution in [0.2, 0.25) is 0 Å². The molecule has 0 spiro atoms. The fraction of sp³-hybridized carbons (Fsp3) is 0.300. The number of aryl methyl sites for hydroxylation is 1. The highest BCUT2D eigenvalue weighted by molar-refractivity contribution is 7.80. The van der Waals surface area contributed by atoms with Gasteiger partial charge in [0, 0.05) is 20.2 Å². The summed E-state index contributed by atoms with van der Waals surface area (Å²) in [5, 5.41) is 13.0. The molecule has 16 heavy (non-hydrogen) atoms. The van der Waals surface area contributed by atoms with Crippen molar-refractivity contribution in [1.82, 2.24) is 4.90 Å². The second-order valence-corrected chi connectivity index (χ2v) is 3.97. The van der Waals surface area contributed by atoms with Crippen LogP contribution in [0, 0.1) is 0 Å². The van der Waals surface area contributed by atoms with Crippen LogP contribution in [-0.4, -0.2) is 35.3 Å². The van der Waals surface area contributed by atoms with Crippen molar-refractivity contribution in [3.8, 4) is 5.75 Å². The summed E-state index contributed by atoms with van der Waals surface area (Å²) in [6, 6.07) is 1.60. The van der Waals surface area contributed by atoms with Crippen LogP contribution in [0.5, 0.6) is 5.75 Å². The SMILES string of the molecule is CN(C)C(=S)c1cc(O)c[n+](C)c1C=NN. The third-order valence-electron chi connectivity index (χ3n) is 2.11. The van der Waals surface area contributed by atoms with E-state index in [4.69, 9.17) is 18.1 Å². The first-order valence-corrected chi connectivity index (χ1v) is 5.05. The maximum absolute atomic E-state index is 9.54. The lowest BCUT2D eigenvalue weighted by atomic mass is 10.1. The van der Waals surface area contributed by atoms with E-state index in [1.807, 2.05) is 14.1 Å². The molecule has 0 bridgehead atoms. The molecule has 0 saturated heterocycles. The van der Waals surface area contributed by atoms with E-state index < -0.39 is 0 Å². The van der Waals surface area contributed by atoms with Gasteiger partial charge in [-0.3, -0.25) is 0 Å². The Labute approximate surface area is 99.8 Å². The fourth-order valence-electron chi connectivity index (χ4n) is 1.36. The monoisotopic (exact) mass is 239 g/mol. The Balaban J connectivity index is 3.40. The van der Waals surface area contributed by atoms with Gasteiger partial charge in [-0.15, -0.1) is 0 Å². The summed E-state index contributed by atoms with van der Waals surface area (Å²) in [6.07, 6.45) is 3.07. The van der Waals surface area contributed by atoms with Crippen molar-refractivity contribution in [2.24, 2.45) is 18.0 Å². The van der Waals surface area contributed by atoms with Crippen molar-refractivity contribution < 1.29 is 9.67 Å². The molecule has 0 aliphatic carbocycles. The molecular formula is C10H15N4OS+. The van der Waals surface area contributed by atoms with Crippen LogP contribution in [0.15, 0.2) is 17.4 Å². The van der Waals surface area contributed by atoms with Crippen LogP contribution in [0.1, 0.15) is 11.3 Å². The number of nitrogens with two attached hydrogens (primary N) is 1. The molecule has 3 N–H and O–H groups in total. The van der Waals surface area contributed by atoms with E-state index in [0.717, 1.165) is 11.3 Å². The Morgan fingerprint density at radius 1 is 1.62 bits per heavy atom. The van der Waals surface area contributed by atoms with Crippen molar-refractivity contribution in [1.29, 1.82) is 0 Å². The minimum atomic E-state index is 0.149. The molecular weight excluding hydrogens is 224 g/mol. The Bertz CT molecular complexity index is 443. The Morgan fingerprint density at radius 2 is 2.25 bits per heavy atom. The molecule has 0 amide bonds. The molecule has 0 aliphatic rings. The third kappa shape index (κ3) is 2.46. The van der Waals surface area contributed by atoms with Crippen LogP contribution in [0.25, 0.3) is 0 Å². The molecule has 0 fully saturated rings. The van der Waals surface area contributed by atoms with Gasteiger partial charge in [-0.1, -0.05) is 12.2 Å². The standard InChI is InChI=1S/C10H14N4OS/c1-13(2)10(16)8-4-7(15)6-14(3)9(8)5-12-11/h4-6,11,15H,1-3H3/p+1.